The molecule has 0 aromatic heterocycles. The smallest absolute Gasteiger partial charge is 0.229 e. The Morgan fingerprint density at radius 3 is 2.32 bits per heavy atom. The van der Waals surface area contributed by atoms with E-state index in [2.05, 4.69) is 0 Å². The van der Waals surface area contributed by atoms with Crippen LogP contribution in [0.25, 0.3) is 0 Å². The highest BCUT2D eigenvalue weighted by atomic mass is 16.3. The van der Waals surface area contributed by atoms with E-state index in [1.54, 1.807) is 24.3 Å². The second kappa shape index (κ2) is 5.40. The summed E-state index contributed by atoms with van der Waals surface area (Å²) in [7, 11) is 0. The van der Waals surface area contributed by atoms with Crippen molar-refractivity contribution in [2.45, 2.75) is 25.9 Å². The molecule has 1 aromatic rings. The van der Waals surface area contributed by atoms with Crippen molar-refractivity contribution in [3.8, 4) is 0 Å². The van der Waals surface area contributed by atoms with Gasteiger partial charge in [0, 0.05) is 18.5 Å². The molecule has 0 aliphatic carbocycles. The van der Waals surface area contributed by atoms with Crippen LogP contribution in [0.5, 0.6) is 0 Å². The van der Waals surface area contributed by atoms with Gasteiger partial charge in [-0.05, 0) is 23.6 Å². The number of anilines is 1. The van der Waals surface area contributed by atoms with Crippen LogP contribution >= 0.6 is 0 Å². The molecule has 1 aliphatic rings. The van der Waals surface area contributed by atoms with Gasteiger partial charge in [0.25, 0.3) is 0 Å². The molecular weight excluding hydrogens is 244 g/mol. The number of nitrogens with two attached hydrogens (primary N) is 1. The minimum Gasteiger partial charge on any atom is -0.399 e. The number of aliphatic hydroxyl groups excluding tert-OH is 1. The maximum atomic E-state index is 11.8. The zero-order chi connectivity index (χ0) is 14.0. The number of carbonyl (C=O) groups is 2. The van der Waals surface area contributed by atoms with Crippen LogP contribution in [-0.4, -0.2) is 28.4 Å². The zero-order valence-electron chi connectivity index (χ0n) is 10.9. The lowest BCUT2D eigenvalue weighted by molar-refractivity contribution is -0.151. The van der Waals surface area contributed by atoms with Gasteiger partial charge in [0.15, 0.2) is 0 Å². The van der Waals surface area contributed by atoms with Gasteiger partial charge >= 0.3 is 0 Å². The number of benzene rings is 1. The van der Waals surface area contributed by atoms with Crippen molar-refractivity contribution in [1.82, 2.24) is 4.90 Å². The van der Waals surface area contributed by atoms with Gasteiger partial charge in [-0.25, -0.2) is 0 Å². The molecule has 5 heteroatoms. The molecule has 102 valence electrons. The first-order chi connectivity index (χ1) is 8.97. The van der Waals surface area contributed by atoms with Crippen molar-refractivity contribution in [2.75, 3.05) is 12.3 Å². The molecule has 1 aromatic carbocycles. The molecule has 1 heterocycles. The number of aliphatic hydroxyl groups is 1. The number of β-amino-alcohol motifs (C(OH)–C–C–N with tert-alkyl or cyclic N) is 1. The standard InChI is InChI=1S/C14H18N2O3/c1-9-6-13(18)16(14(19)7-9)8-12(17)10-2-4-11(15)5-3-10/h2-5,9,12,17H,6-8,15H2,1H3. The Morgan fingerprint density at radius 1 is 1.26 bits per heavy atom. The third-order valence-corrected chi connectivity index (χ3v) is 3.33. The third kappa shape index (κ3) is 3.12. The predicted molar refractivity (Wildman–Crippen MR) is 70.9 cm³/mol. The molecule has 1 fully saturated rings. The van der Waals surface area contributed by atoms with Gasteiger partial charge in [-0.1, -0.05) is 19.1 Å². The predicted octanol–water partition coefficient (Wildman–Crippen LogP) is 1.09. The number of nitrogen functional groups attached to an aromatic ring is 1. The van der Waals surface area contributed by atoms with Gasteiger partial charge in [0.05, 0.1) is 12.6 Å². The maximum Gasteiger partial charge on any atom is 0.229 e. The maximum absolute atomic E-state index is 11.8. The highest BCUT2D eigenvalue weighted by molar-refractivity contribution is 5.97. The summed E-state index contributed by atoms with van der Waals surface area (Å²) in [6, 6.07) is 6.75. The Balaban J connectivity index is 2.06. The van der Waals surface area contributed by atoms with Crippen molar-refractivity contribution in [3.63, 3.8) is 0 Å². The molecule has 2 rings (SSSR count). The van der Waals surface area contributed by atoms with Crippen LogP contribution in [0.2, 0.25) is 0 Å². The summed E-state index contributed by atoms with van der Waals surface area (Å²) in [4.78, 5) is 24.8. The molecule has 1 saturated heterocycles. The van der Waals surface area contributed by atoms with E-state index >= 15 is 0 Å². The topological polar surface area (TPSA) is 83.6 Å². The van der Waals surface area contributed by atoms with E-state index in [1.807, 2.05) is 6.92 Å². The molecule has 5 nitrogen and oxygen atoms in total. The number of imide groups is 1. The van der Waals surface area contributed by atoms with Crippen molar-refractivity contribution in [2.24, 2.45) is 5.92 Å². The molecule has 1 aliphatic heterocycles. The molecule has 1 atom stereocenters. The fourth-order valence-corrected chi connectivity index (χ4v) is 2.23. The minimum absolute atomic E-state index is 0.00824. The molecule has 1 unspecified atom stereocenters. The van der Waals surface area contributed by atoms with E-state index in [0.29, 0.717) is 24.1 Å². The molecule has 2 amide bonds. The number of amides is 2. The fourth-order valence-electron chi connectivity index (χ4n) is 2.23. The lowest BCUT2D eigenvalue weighted by Gasteiger charge is -2.30. The van der Waals surface area contributed by atoms with Gasteiger partial charge in [0.1, 0.15) is 0 Å². The molecular formula is C14H18N2O3. The Morgan fingerprint density at radius 2 is 1.79 bits per heavy atom. The Kier molecular flexibility index (Phi) is 3.85. The number of hydrogen-bond donors (Lipinski definition) is 2. The molecule has 19 heavy (non-hydrogen) atoms. The van der Waals surface area contributed by atoms with Crippen LogP contribution < -0.4 is 5.73 Å². The summed E-state index contributed by atoms with van der Waals surface area (Å²) < 4.78 is 0. The normalized spacial score (nSPS) is 18.7. The van der Waals surface area contributed by atoms with Crippen LogP contribution in [0.3, 0.4) is 0 Å². The monoisotopic (exact) mass is 262 g/mol. The quantitative estimate of drug-likeness (QED) is 0.631. The average Bonchev–Trinajstić information content (AvgIpc) is 2.34. The zero-order valence-corrected chi connectivity index (χ0v) is 10.9. The second-order valence-corrected chi connectivity index (χ2v) is 5.09. The van der Waals surface area contributed by atoms with Crippen molar-refractivity contribution < 1.29 is 14.7 Å². The fraction of sp³-hybridized carbons (Fsp3) is 0.429. The van der Waals surface area contributed by atoms with Gasteiger partial charge in [-0.2, -0.15) is 0 Å². The van der Waals surface area contributed by atoms with E-state index in [0.717, 1.165) is 4.90 Å². The van der Waals surface area contributed by atoms with Gasteiger partial charge in [-0.15, -0.1) is 0 Å². The highest BCUT2D eigenvalue weighted by Crippen LogP contribution is 2.22. The van der Waals surface area contributed by atoms with Crippen molar-refractivity contribution >= 4 is 17.5 Å². The molecule has 0 radical (unpaired) electrons. The first-order valence-corrected chi connectivity index (χ1v) is 6.34. The van der Waals surface area contributed by atoms with E-state index < -0.39 is 6.10 Å². The number of hydrogen-bond acceptors (Lipinski definition) is 4. The summed E-state index contributed by atoms with van der Waals surface area (Å²) >= 11 is 0. The third-order valence-electron chi connectivity index (χ3n) is 3.33. The second-order valence-electron chi connectivity index (χ2n) is 5.09. The number of likely N-dealkylation sites (tertiary alicyclic amines) is 1. The summed E-state index contributed by atoms with van der Waals surface area (Å²) in [5, 5.41) is 10.1. The summed E-state index contributed by atoms with van der Waals surface area (Å²) in [6.07, 6.45) is -0.151. The highest BCUT2D eigenvalue weighted by Gasteiger charge is 2.31. The lowest BCUT2D eigenvalue weighted by atomic mass is 9.97. The van der Waals surface area contributed by atoms with Gasteiger partial charge in [0.2, 0.25) is 11.8 Å². The van der Waals surface area contributed by atoms with E-state index in [9.17, 15) is 14.7 Å². The van der Waals surface area contributed by atoms with E-state index in [-0.39, 0.29) is 24.3 Å². The van der Waals surface area contributed by atoms with Crippen LogP contribution in [-0.2, 0) is 9.59 Å². The van der Waals surface area contributed by atoms with Crippen LogP contribution in [0.1, 0.15) is 31.4 Å². The largest absolute Gasteiger partial charge is 0.399 e. The Labute approximate surface area is 112 Å². The van der Waals surface area contributed by atoms with E-state index in [4.69, 9.17) is 5.73 Å². The number of nitrogens with zero attached hydrogens (tertiary/aromatic N) is 1. The summed E-state index contributed by atoms with van der Waals surface area (Å²) in [6.45, 7) is 1.89. The molecule has 3 N–H and O–H groups in total. The Bertz CT molecular complexity index is 466. The minimum atomic E-state index is -0.873. The molecule has 0 saturated carbocycles. The number of carbonyl (C=O) groups excluding carboxylic acids is 2. The van der Waals surface area contributed by atoms with Gasteiger partial charge < -0.3 is 10.8 Å². The van der Waals surface area contributed by atoms with Crippen LogP contribution in [0, 0.1) is 5.92 Å². The van der Waals surface area contributed by atoms with Crippen molar-refractivity contribution in [1.29, 1.82) is 0 Å². The average molecular weight is 262 g/mol. The lowest BCUT2D eigenvalue weighted by Crippen LogP contribution is -2.44. The molecule has 0 spiro atoms. The van der Waals surface area contributed by atoms with Crippen LogP contribution in [0.15, 0.2) is 24.3 Å². The first-order valence-electron chi connectivity index (χ1n) is 6.34. The van der Waals surface area contributed by atoms with Gasteiger partial charge in [-0.3, -0.25) is 14.5 Å². The van der Waals surface area contributed by atoms with Crippen molar-refractivity contribution in [3.05, 3.63) is 29.8 Å². The number of rotatable bonds is 3. The van der Waals surface area contributed by atoms with E-state index in [1.165, 1.54) is 0 Å². The SMILES string of the molecule is CC1CC(=O)N(CC(O)c2ccc(N)cc2)C(=O)C1. The summed E-state index contributed by atoms with van der Waals surface area (Å²) in [5.74, 6) is -0.332. The van der Waals surface area contributed by atoms with Crippen LogP contribution in [0.4, 0.5) is 5.69 Å². The first kappa shape index (κ1) is 13.5. The molecule has 0 bridgehead atoms. The summed E-state index contributed by atoms with van der Waals surface area (Å²) in [5.41, 5.74) is 6.82. The number of piperidine rings is 1. The Hall–Kier alpha value is -1.88.